The lowest BCUT2D eigenvalue weighted by molar-refractivity contribution is -0.413. The highest BCUT2D eigenvalue weighted by molar-refractivity contribution is 5.84. The van der Waals surface area contributed by atoms with Crippen LogP contribution in [0.4, 0.5) is 17.6 Å². The van der Waals surface area contributed by atoms with Gasteiger partial charge in [0, 0.05) is 0 Å². The van der Waals surface area contributed by atoms with E-state index in [4.69, 9.17) is 11.1 Å². The molecule has 6 nitrogen and oxygen atoms in total. The lowest BCUT2D eigenvalue weighted by Gasteiger charge is -2.08. The first kappa shape index (κ1) is 14.5. The normalized spacial score (nSPS) is 12.8. The Bertz CT molecular complexity index is 568. The molecule has 10 heteroatoms. The number of hydrogen-bond donors (Lipinski definition) is 2. The maximum atomic E-state index is 13.3. The second kappa shape index (κ2) is 5.00. The van der Waals surface area contributed by atoms with Crippen LogP contribution in [-0.2, 0) is 6.18 Å². The third-order valence-electron chi connectivity index (χ3n) is 2.00. The number of hydrogen-bond acceptors (Lipinski definition) is 5. The molecule has 0 aliphatic carbocycles. The van der Waals surface area contributed by atoms with Crippen LogP contribution in [0.2, 0.25) is 0 Å². The average Bonchev–Trinajstić information content (AvgIpc) is 2.28. The summed E-state index contributed by atoms with van der Waals surface area (Å²) < 4.78 is 50.5. The maximum absolute atomic E-state index is 13.3. The van der Waals surface area contributed by atoms with Crippen LogP contribution in [0.15, 0.2) is 17.8 Å². The van der Waals surface area contributed by atoms with Gasteiger partial charge in [-0.1, -0.05) is 0 Å². The van der Waals surface area contributed by atoms with Crippen molar-refractivity contribution >= 4 is 11.9 Å². The number of nitrogens with one attached hydrogen (secondary N) is 1. The van der Waals surface area contributed by atoms with E-state index in [2.05, 4.69) is 4.98 Å². The molecule has 3 N–H and O–H groups in total. The Hall–Kier alpha value is -2.52. The fourth-order valence-electron chi connectivity index (χ4n) is 1.14. The minimum Gasteiger partial charge on any atom is -0.391 e. The molecule has 1 aromatic rings. The van der Waals surface area contributed by atoms with Crippen LogP contribution in [0.1, 0.15) is 11.4 Å². The number of alkyl halides is 3. The van der Waals surface area contributed by atoms with E-state index in [1.807, 2.05) is 0 Å². The molecule has 0 aliphatic rings. The van der Waals surface area contributed by atoms with Crippen molar-refractivity contribution in [2.24, 2.45) is 5.73 Å². The van der Waals surface area contributed by atoms with E-state index in [0.29, 0.717) is 12.1 Å². The molecule has 102 valence electrons. The number of pyridine rings is 1. The van der Waals surface area contributed by atoms with Crippen molar-refractivity contribution in [1.82, 2.24) is 4.98 Å². The van der Waals surface area contributed by atoms with Gasteiger partial charge in [0.2, 0.25) is 0 Å². The lowest BCUT2D eigenvalue weighted by Crippen LogP contribution is -2.15. The summed E-state index contributed by atoms with van der Waals surface area (Å²) in [5.74, 6) is -1.26. The van der Waals surface area contributed by atoms with Crippen molar-refractivity contribution < 1.29 is 22.5 Å². The summed E-state index contributed by atoms with van der Waals surface area (Å²) in [5.41, 5.74) is 0.707. The van der Waals surface area contributed by atoms with Crippen LogP contribution in [-0.4, -0.2) is 16.1 Å². The Morgan fingerprint density at radius 3 is 2.47 bits per heavy atom. The van der Waals surface area contributed by atoms with Crippen LogP contribution < -0.4 is 5.73 Å². The minimum absolute atomic E-state index is 0.191. The lowest BCUT2D eigenvalue weighted by atomic mass is 10.2. The zero-order valence-corrected chi connectivity index (χ0v) is 9.03. The number of rotatable bonds is 3. The zero-order valence-electron chi connectivity index (χ0n) is 9.03. The third-order valence-corrected chi connectivity index (χ3v) is 2.00. The van der Waals surface area contributed by atoms with Crippen molar-refractivity contribution in [3.05, 3.63) is 45.1 Å². The van der Waals surface area contributed by atoms with E-state index in [1.165, 1.54) is 0 Å². The van der Waals surface area contributed by atoms with E-state index in [0.717, 1.165) is 0 Å². The quantitative estimate of drug-likeness (QED) is 0.380. The molecule has 1 rings (SSSR count). The van der Waals surface area contributed by atoms with Gasteiger partial charge in [0.25, 0.3) is 0 Å². The summed E-state index contributed by atoms with van der Waals surface area (Å²) in [6.45, 7) is 0. The second-order valence-corrected chi connectivity index (χ2v) is 3.23. The van der Waals surface area contributed by atoms with Gasteiger partial charge in [-0.25, -0.2) is 9.37 Å². The molecule has 0 spiro atoms. The maximum Gasteiger partial charge on any atom is 0.433 e. The summed E-state index contributed by atoms with van der Waals surface area (Å²) in [6.07, 6.45) is -4.65. The minimum atomic E-state index is -4.85. The average molecular weight is 278 g/mol. The number of halogens is 4. The van der Waals surface area contributed by atoms with Gasteiger partial charge in [-0.2, -0.15) is 13.2 Å². The van der Waals surface area contributed by atoms with Gasteiger partial charge in [0.1, 0.15) is 17.1 Å². The summed E-state index contributed by atoms with van der Waals surface area (Å²) in [4.78, 5) is 12.3. The van der Waals surface area contributed by atoms with Crippen molar-refractivity contribution in [3.8, 4) is 0 Å². The first-order chi connectivity index (χ1) is 8.68. The summed E-state index contributed by atoms with van der Waals surface area (Å²) in [7, 11) is 0. The summed E-state index contributed by atoms with van der Waals surface area (Å²) in [5, 5.41) is 17.2. The summed E-state index contributed by atoms with van der Waals surface area (Å²) >= 11 is 0. The molecule has 0 unspecified atom stereocenters. The van der Waals surface area contributed by atoms with Crippen LogP contribution in [0.3, 0.4) is 0 Å². The number of allylic oxidation sites excluding steroid dienone is 1. The van der Waals surface area contributed by atoms with Gasteiger partial charge in [-0.3, -0.25) is 10.1 Å². The van der Waals surface area contributed by atoms with Gasteiger partial charge >= 0.3 is 11.9 Å². The van der Waals surface area contributed by atoms with E-state index in [9.17, 15) is 27.7 Å². The second-order valence-electron chi connectivity index (χ2n) is 3.23. The van der Waals surface area contributed by atoms with E-state index in [-0.39, 0.29) is 6.21 Å². The predicted octanol–water partition coefficient (Wildman–Crippen LogP) is 1.79. The predicted molar refractivity (Wildman–Crippen MR) is 56.1 cm³/mol. The first-order valence-corrected chi connectivity index (χ1v) is 4.57. The monoisotopic (exact) mass is 278 g/mol. The molecule has 0 radical (unpaired) electrons. The smallest absolute Gasteiger partial charge is 0.391 e. The van der Waals surface area contributed by atoms with Gasteiger partial charge in [0.15, 0.2) is 5.82 Å². The molecular weight excluding hydrogens is 272 g/mol. The SMILES string of the molecule is N=CC(=C(N)c1nc(C(F)(F)F)ccc1F)[N+](=O)[O-]. The summed E-state index contributed by atoms with van der Waals surface area (Å²) in [6, 6.07) is 0.821. The molecule has 0 atom stereocenters. The topological polar surface area (TPSA) is 106 Å². The Balaban J connectivity index is 3.50. The first-order valence-electron chi connectivity index (χ1n) is 4.57. The molecule has 19 heavy (non-hydrogen) atoms. The van der Waals surface area contributed by atoms with E-state index < -0.39 is 39.7 Å². The highest BCUT2D eigenvalue weighted by atomic mass is 19.4. The van der Waals surface area contributed by atoms with Gasteiger partial charge < -0.3 is 11.1 Å². The standard InChI is InChI=1S/C9H6F4N4O2/c10-4-1-2-6(9(11,12)13)16-8(4)7(15)5(3-14)17(18)19/h1-3,14H,15H2. The molecule has 0 amide bonds. The Kier molecular flexibility index (Phi) is 3.83. The van der Waals surface area contributed by atoms with Crippen molar-refractivity contribution in [2.75, 3.05) is 0 Å². The largest absolute Gasteiger partial charge is 0.433 e. The molecule has 0 saturated carbocycles. The van der Waals surface area contributed by atoms with Crippen LogP contribution >= 0.6 is 0 Å². The fraction of sp³-hybridized carbons (Fsp3) is 0.111. The van der Waals surface area contributed by atoms with Crippen LogP contribution in [0, 0.1) is 21.3 Å². The van der Waals surface area contributed by atoms with E-state index >= 15 is 0 Å². The van der Waals surface area contributed by atoms with Crippen molar-refractivity contribution in [3.63, 3.8) is 0 Å². The molecule has 0 aliphatic heterocycles. The third kappa shape index (κ3) is 3.03. The van der Waals surface area contributed by atoms with Crippen molar-refractivity contribution in [1.29, 1.82) is 5.41 Å². The Labute approximate surface area is 103 Å². The van der Waals surface area contributed by atoms with Crippen LogP contribution in [0.25, 0.3) is 5.70 Å². The van der Waals surface area contributed by atoms with Crippen LogP contribution in [0.5, 0.6) is 0 Å². The Morgan fingerprint density at radius 1 is 1.47 bits per heavy atom. The highest BCUT2D eigenvalue weighted by Crippen LogP contribution is 2.29. The Morgan fingerprint density at radius 2 is 2.05 bits per heavy atom. The van der Waals surface area contributed by atoms with Crippen molar-refractivity contribution in [2.45, 2.75) is 6.18 Å². The number of aromatic nitrogens is 1. The molecule has 0 aromatic carbocycles. The number of nitrogens with zero attached hydrogens (tertiary/aromatic N) is 2. The fourth-order valence-corrected chi connectivity index (χ4v) is 1.14. The molecule has 0 bridgehead atoms. The van der Waals surface area contributed by atoms with Gasteiger partial charge in [-0.15, -0.1) is 0 Å². The van der Waals surface area contributed by atoms with Gasteiger partial charge in [-0.05, 0) is 12.1 Å². The number of nitro groups is 1. The number of nitrogens with two attached hydrogens (primary N) is 1. The molecule has 1 aromatic heterocycles. The molecule has 0 saturated heterocycles. The zero-order chi connectivity index (χ0) is 14.8. The highest BCUT2D eigenvalue weighted by Gasteiger charge is 2.34. The van der Waals surface area contributed by atoms with Gasteiger partial charge in [0.05, 0.1) is 11.1 Å². The van der Waals surface area contributed by atoms with E-state index in [1.54, 1.807) is 0 Å². The molecular formula is C9H6F4N4O2. The molecule has 0 fully saturated rings. The molecule has 1 heterocycles.